The van der Waals surface area contributed by atoms with Crippen molar-refractivity contribution in [1.82, 2.24) is 20.5 Å². The molecule has 0 bridgehead atoms. The Hall–Kier alpha value is -4.35. The molecule has 48 heavy (non-hydrogen) atoms. The Balaban J connectivity index is 1.22. The van der Waals surface area contributed by atoms with Gasteiger partial charge in [0.25, 0.3) is 11.8 Å². The van der Waals surface area contributed by atoms with E-state index in [1.54, 1.807) is 30.5 Å². The highest BCUT2D eigenvalue weighted by Gasteiger charge is 2.48. The Morgan fingerprint density at radius 1 is 1.00 bits per heavy atom. The summed E-state index contributed by atoms with van der Waals surface area (Å²) in [6, 6.07) is 15.6. The molecule has 6 N–H and O–H groups in total. The van der Waals surface area contributed by atoms with Crippen molar-refractivity contribution in [2.45, 2.75) is 57.4 Å². The third-order valence-corrected chi connectivity index (χ3v) is 10.9. The van der Waals surface area contributed by atoms with E-state index in [0.717, 1.165) is 21.2 Å². The van der Waals surface area contributed by atoms with Gasteiger partial charge in [0.1, 0.15) is 11.8 Å². The van der Waals surface area contributed by atoms with Gasteiger partial charge in [-0.05, 0) is 66.2 Å². The Kier molecular flexibility index (Phi) is 9.28. The molecule has 2 aliphatic rings. The zero-order valence-corrected chi connectivity index (χ0v) is 27.5. The van der Waals surface area contributed by atoms with Gasteiger partial charge in [-0.25, -0.2) is 4.79 Å². The van der Waals surface area contributed by atoms with Gasteiger partial charge in [0.15, 0.2) is 0 Å². The van der Waals surface area contributed by atoms with E-state index in [1.807, 2.05) is 50.2 Å². The molecule has 252 valence electrons. The van der Waals surface area contributed by atoms with Crippen molar-refractivity contribution in [3.05, 3.63) is 83.6 Å². The number of aromatic nitrogens is 1. The zero-order valence-electron chi connectivity index (χ0n) is 26.6. The van der Waals surface area contributed by atoms with Gasteiger partial charge in [-0.2, -0.15) is 0 Å². The van der Waals surface area contributed by atoms with Crippen LogP contribution in [0, 0.1) is 17.8 Å². The number of imide groups is 1. The number of amides is 3. The summed E-state index contributed by atoms with van der Waals surface area (Å²) in [6.45, 7) is 3.87. The zero-order chi connectivity index (χ0) is 34.3. The second kappa shape index (κ2) is 13.3. The molecular weight excluding hydrogens is 635 g/mol. The van der Waals surface area contributed by atoms with Crippen LogP contribution in [0.1, 0.15) is 59.4 Å². The molecule has 0 unspecified atom stereocenters. The van der Waals surface area contributed by atoms with Gasteiger partial charge in [0.05, 0.1) is 6.04 Å². The standard InChI is InChI=1S/C35H39N4O8P/c1-19(2)15-21-16-28(31(40)37-29(35(43)44)17-22-18-36-27-12-4-3-9-23(22)27)38-32(48(45,46)47)24(21)13-14-39-33(41)25-10-5-7-20-8-6-11-26(30(20)25)34(39)42/h3-12,18-19,21,24,28-29,32,36,38H,13-17H2,1-2H3,(H,37,40)(H,43,44)(H2,45,46,47)/t21-,24+,28-,29+,32-/m1/s1. The first kappa shape index (κ1) is 33.5. The number of nitrogens with one attached hydrogen (secondary N) is 3. The number of piperidine rings is 1. The number of H-pyrrole nitrogens is 1. The first-order valence-electron chi connectivity index (χ1n) is 16.1. The molecule has 5 atom stereocenters. The van der Waals surface area contributed by atoms with Crippen LogP contribution in [0.2, 0.25) is 0 Å². The number of nitrogens with zero attached hydrogens (tertiary/aromatic N) is 1. The molecule has 0 aliphatic carbocycles. The number of aromatic amines is 1. The molecule has 1 fully saturated rings. The number of fused-ring (bicyclic) bond motifs is 1. The minimum atomic E-state index is -4.87. The van der Waals surface area contributed by atoms with Gasteiger partial charge in [0, 0.05) is 46.6 Å². The van der Waals surface area contributed by atoms with E-state index in [2.05, 4.69) is 15.6 Å². The summed E-state index contributed by atoms with van der Waals surface area (Å²) in [5, 5.41) is 17.7. The van der Waals surface area contributed by atoms with Crippen molar-refractivity contribution in [3.63, 3.8) is 0 Å². The van der Waals surface area contributed by atoms with Gasteiger partial charge >= 0.3 is 13.6 Å². The molecule has 1 saturated heterocycles. The average molecular weight is 675 g/mol. The average Bonchev–Trinajstić information content (AvgIpc) is 3.45. The number of carbonyl (C=O) groups is 4. The van der Waals surface area contributed by atoms with Gasteiger partial charge in [-0.15, -0.1) is 0 Å². The molecule has 13 heteroatoms. The highest BCUT2D eigenvalue weighted by Crippen LogP contribution is 2.50. The van der Waals surface area contributed by atoms with Crippen LogP contribution in [-0.4, -0.2) is 72.9 Å². The molecule has 4 aromatic rings. The van der Waals surface area contributed by atoms with E-state index in [4.69, 9.17) is 0 Å². The van der Waals surface area contributed by atoms with Crippen molar-refractivity contribution in [2.75, 3.05) is 6.54 Å². The predicted molar refractivity (Wildman–Crippen MR) is 179 cm³/mol. The molecule has 0 spiro atoms. The third-order valence-electron chi connectivity index (χ3n) is 9.63. The number of benzene rings is 3. The predicted octanol–water partition coefficient (Wildman–Crippen LogP) is 4.26. The van der Waals surface area contributed by atoms with Crippen molar-refractivity contribution in [3.8, 4) is 0 Å². The van der Waals surface area contributed by atoms with E-state index in [0.29, 0.717) is 28.5 Å². The maximum atomic E-state index is 13.6. The summed E-state index contributed by atoms with van der Waals surface area (Å²) in [5.74, 6) is -5.24. The van der Waals surface area contributed by atoms with Crippen molar-refractivity contribution >= 4 is 53.0 Å². The van der Waals surface area contributed by atoms with Crippen molar-refractivity contribution < 1.29 is 38.6 Å². The Labute approximate surface area is 277 Å². The summed E-state index contributed by atoms with van der Waals surface area (Å²) in [5.41, 5.74) is 2.33. The van der Waals surface area contributed by atoms with Crippen LogP contribution in [0.15, 0.2) is 66.9 Å². The lowest BCUT2D eigenvalue weighted by molar-refractivity contribution is -0.142. The summed E-state index contributed by atoms with van der Waals surface area (Å²) in [4.78, 5) is 78.3. The number of aliphatic carboxylic acids is 1. The number of hydrogen-bond acceptors (Lipinski definition) is 6. The number of rotatable bonds is 11. The van der Waals surface area contributed by atoms with Gasteiger partial charge in [-0.3, -0.25) is 29.2 Å². The molecule has 6 rings (SSSR count). The maximum Gasteiger partial charge on any atom is 0.342 e. The fraction of sp³-hybridized carbons (Fsp3) is 0.371. The van der Waals surface area contributed by atoms with Crippen LogP contribution >= 0.6 is 7.60 Å². The number of carbonyl (C=O) groups excluding carboxylic acids is 3. The van der Waals surface area contributed by atoms with Gasteiger partial charge < -0.3 is 25.2 Å². The summed E-state index contributed by atoms with van der Waals surface area (Å²) in [6.07, 6.45) is 2.52. The van der Waals surface area contributed by atoms with Crippen LogP contribution in [0.4, 0.5) is 0 Å². The summed E-state index contributed by atoms with van der Waals surface area (Å²) in [7, 11) is -4.87. The monoisotopic (exact) mass is 674 g/mol. The van der Waals surface area contributed by atoms with Crippen LogP contribution in [0.5, 0.6) is 0 Å². The molecule has 1 aromatic heterocycles. The van der Waals surface area contributed by atoms with Crippen LogP contribution < -0.4 is 10.6 Å². The molecule has 0 saturated carbocycles. The van der Waals surface area contributed by atoms with E-state index in [1.165, 1.54) is 0 Å². The van der Waals surface area contributed by atoms with Crippen LogP contribution in [0.3, 0.4) is 0 Å². The van der Waals surface area contributed by atoms with E-state index < -0.39 is 55.1 Å². The number of hydrogen-bond donors (Lipinski definition) is 6. The lowest BCUT2D eigenvalue weighted by Crippen LogP contribution is -2.59. The fourth-order valence-corrected chi connectivity index (χ4v) is 8.75. The first-order chi connectivity index (χ1) is 22.8. The molecule has 2 aliphatic heterocycles. The Bertz CT molecular complexity index is 1900. The smallest absolute Gasteiger partial charge is 0.342 e. The topological polar surface area (TPSA) is 189 Å². The van der Waals surface area contributed by atoms with Crippen molar-refractivity contribution in [2.24, 2.45) is 17.8 Å². The minimum absolute atomic E-state index is 0.00646. The molecule has 3 amide bonds. The number of para-hydroxylation sites is 1. The Morgan fingerprint density at radius 2 is 1.67 bits per heavy atom. The van der Waals surface area contributed by atoms with Gasteiger partial charge in [0.2, 0.25) is 5.91 Å². The summed E-state index contributed by atoms with van der Waals surface area (Å²) >= 11 is 0. The number of carboxylic acid groups (broad SMARTS) is 1. The lowest BCUT2D eigenvalue weighted by Gasteiger charge is -2.44. The minimum Gasteiger partial charge on any atom is -0.480 e. The third kappa shape index (κ3) is 6.53. The quantitative estimate of drug-likeness (QED) is 0.0998. The largest absolute Gasteiger partial charge is 0.480 e. The van der Waals surface area contributed by atoms with E-state index in [-0.39, 0.29) is 37.6 Å². The lowest BCUT2D eigenvalue weighted by atomic mass is 9.76. The molecule has 3 heterocycles. The highest BCUT2D eigenvalue weighted by atomic mass is 31.2. The molecule has 12 nitrogen and oxygen atoms in total. The number of carboxylic acids is 1. The Morgan fingerprint density at radius 3 is 2.29 bits per heavy atom. The highest BCUT2D eigenvalue weighted by molar-refractivity contribution is 7.52. The van der Waals surface area contributed by atoms with E-state index >= 15 is 0 Å². The second-order valence-corrected chi connectivity index (χ2v) is 15.0. The van der Waals surface area contributed by atoms with Crippen LogP contribution in [-0.2, 0) is 20.6 Å². The normalized spacial score (nSPS) is 22.0. The summed E-state index contributed by atoms with van der Waals surface area (Å²) < 4.78 is 13.0. The fourth-order valence-electron chi connectivity index (χ4n) is 7.49. The second-order valence-electron chi connectivity index (χ2n) is 13.3. The first-order valence-corrected chi connectivity index (χ1v) is 17.8. The van der Waals surface area contributed by atoms with Crippen LogP contribution in [0.25, 0.3) is 21.7 Å². The molecular formula is C35H39N4O8P. The van der Waals surface area contributed by atoms with Gasteiger partial charge in [-0.1, -0.05) is 56.3 Å². The van der Waals surface area contributed by atoms with E-state index in [9.17, 15) is 38.6 Å². The van der Waals surface area contributed by atoms with Crippen molar-refractivity contribution in [1.29, 1.82) is 0 Å². The maximum absolute atomic E-state index is 13.6. The molecule has 0 radical (unpaired) electrons. The molecule has 3 aromatic carbocycles. The SMILES string of the molecule is CC(C)C[C@@H]1C[C@H](C(=O)N[C@@H](Cc2c[nH]c3ccccc23)C(=O)O)N[C@H](P(=O)(O)O)[C@H]1CCN1C(=O)c2cccc3cccc(c23)C1=O.